The van der Waals surface area contributed by atoms with Crippen molar-refractivity contribution in [2.24, 2.45) is 0 Å². The Balaban J connectivity index is 1.63. The van der Waals surface area contributed by atoms with E-state index in [0.29, 0.717) is 18.0 Å². The topological polar surface area (TPSA) is 47.6 Å². The van der Waals surface area contributed by atoms with E-state index in [2.05, 4.69) is 11.4 Å². The maximum absolute atomic E-state index is 12.2. The molecule has 0 unspecified atom stereocenters. The summed E-state index contributed by atoms with van der Waals surface area (Å²) >= 11 is 0. The number of nitrogens with one attached hydrogen (secondary N) is 1. The van der Waals surface area contributed by atoms with Gasteiger partial charge in [-0.2, -0.15) is 0 Å². The molecule has 1 N–H and O–H groups in total. The third kappa shape index (κ3) is 3.88. The molecule has 126 valence electrons. The molecule has 2 aromatic rings. The zero-order valence-corrected chi connectivity index (χ0v) is 14.0. The van der Waals surface area contributed by atoms with Crippen molar-refractivity contribution in [3.05, 3.63) is 53.6 Å². The van der Waals surface area contributed by atoms with Crippen LogP contribution in [0.25, 0.3) is 0 Å². The normalized spacial score (nSPS) is 13.0. The highest BCUT2D eigenvalue weighted by Gasteiger charge is 2.15. The number of para-hydroxylation sites is 2. The number of anilines is 1. The van der Waals surface area contributed by atoms with Gasteiger partial charge < -0.3 is 14.8 Å². The van der Waals surface area contributed by atoms with Gasteiger partial charge in [0.1, 0.15) is 11.5 Å². The van der Waals surface area contributed by atoms with Crippen molar-refractivity contribution < 1.29 is 14.3 Å². The van der Waals surface area contributed by atoms with E-state index in [1.165, 1.54) is 24.0 Å². The Kier molecular flexibility index (Phi) is 5.36. The lowest BCUT2D eigenvalue weighted by Gasteiger charge is -2.19. The zero-order chi connectivity index (χ0) is 16.8. The van der Waals surface area contributed by atoms with E-state index in [-0.39, 0.29) is 12.5 Å². The van der Waals surface area contributed by atoms with E-state index < -0.39 is 0 Å². The Labute approximate surface area is 142 Å². The maximum Gasteiger partial charge on any atom is 0.262 e. The Hall–Kier alpha value is -2.49. The van der Waals surface area contributed by atoms with Crippen LogP contribution in [0, 0.1) is 0 Å². The summed E-state index contributed by atoms with van der Waals surface area (Å²) < 4.78 is 11.3. The lowest BCUT2D eigenvalue weighted by atomic mass is 9.91. The molecule has 3 rings (SSSR count). The molecule has 1 amide bonds. The highest BCUT2D eigenvalue weighted by molar-refractivity contribution is 5.93. The fourth-order valence-electron chi connectivity index (χ4n) is 3.06. The van der Waals surface area contributed by atoms with Crippen LogP contribution in [-0.4, -0.2) is 19.1 Å². The van der Waals surface area contributed by atoms with Crippen LogP contribution in [0.4, 0.5) is 5.69 Å². The minimum atomic E-state index is -0.185. The van der Waals surface area contributed by atoms with Gasteiger partial charge in [0, 0.05) is 0 Å². The second kappa shape index (κ2) is 7.86. The number of carbonyl (C=O) groups is 1. The van der Waals surface area contributed by atoms with E-state index >= 15 is 0 Å². The number of amides is 1. The number of fused-ring (bicyclic) bond motifs is 1. The van der Waals surface area contributed by atoms with Crippen molar-refractivity contribution in [2.75, 3.05) is 18.5 Å². The van der Waals surface area contributed by atoms with Gasteiger partial charge in [-0.15, -0.1) is 0 Å². The van der Waals surface area contributed by atoms with Crippen molar-refractivity contribution in [3.8, 4) is 11.5 Å². The average Bonchev–Trinajstić information content (AvgIpc) is 2.62. The molecule has 24 heavy (non-hydrogen) atoms. The van der Waals surface area contributed by atoms with Crippen LogP contribution in [0.3, 0.4) is 0 Å². The van der Waals surface area contributed by atoms with E-state index in [1.807, 2.05) is 43.3 Å². The predicted molar refractivity (Wildman–Crippen MR) is 94.8 cm³/mol. The fourth-order valence-corrected chi connectivity index (χ4v) is 3.06. The van der Waals surface area contributed by atoms with Gasteiger partial charge in [-0.1, -0.05) is 24.3 Å². The Morgan fingerprint density at radius 1 is 1.00 bits per heavy atom. The summed E-state index contributed by atoms with van der Waals surface area (Å²) in [5, 5.41) is 2.86. The van der Waals surface area contributed by atoms with Crippen molar-refractivity contribution in [3.63, 3.8) is 0 Å². The first-order chi connectivity index (χ1) is 11.8. The van der Waals surface area contributed by atoms with Gasteiger partial charge >= 0.3 is 0 Å². The summed E-state index contributed by atoms with van der Waals surface area (Å²) in [5.74, 6) is 1.32. The van der Waals surface area contributed by atoms with Gasteiger partial charge in [0.2, 0.25) is 0 Å². The molecular formula is C20H23NO3. The highest BCUT2D eigenvalue weighted by Crippen LogP contribution is 2.29. The smallest absolute Gasteiger partial charge is 0.262 e. The van der Waals surface area contributed by atoms with E-state index in [9.17, 15) is 4.79 Å². The van der Waals surface area contributed by atoms with Crippen molar-refractivity contribution in [2.45, 2.75) is 32.6 Å². The largest absolute Gasteiger partial charge is 0.492 e. The fraction of sp³-hybridized carbons (Fsp3) is 0.350. The number of aryl methyl sites for hydroxylation is 1. The summed E-state index contributed by atoms with van der Waals surface area (Å²) in [7, 11) is 0. The van der Waals surface area contributed by atoms with E-state index in [0.717, 1.165) is 18.6 Å². The van der Waals surface area contributed by atoms with Gasteiger partial charge in [-0.05, 0) is 61.9 Å². The second-order valence-corrected chi connectivity index (χ2v) is 5.87. The van der Waals surface area contributed by atoms with Crippen molar-refractivity contribution in [1.29, 1.82) is 0 Å². The van der Waals surface area contributed by atoms with Crippen LogP contribution < -0.4 is 14.8 Å². The number of hydrogen-bond acceptors (Lipinski definition) is 3. The number of benzene rings is 2. The quantitative estimate of drug-likeness (QED) is 0.874. The van der Waals surface area contributed by atoms with Gasteiger partial charge in [0.05, 0.1) is 12.3 Å². The summed E-state index contributed by atoms with van der Waals surface area (Å²) in [4.78, 5) is 12.2. The number of ether oxygens (including phenoxy) is 2. The second-order valence-electron chi connectivity index (χ2n) is 5.87. The molecule has 0 radical (unpaired) electrons. The molecule has 4 nitrogen and oxygen atoms in total. The van der Waals surface area contributed by atoms with Crippen LogP contribution in [-0.2, 0) is 17.6 Å². The van der Waals surface area contributed by atoms with Crippen LogP contribution in [0.1, 0.15) is 30.9 Å². The first-order valence-electron chi connectivity index (χ1n) is 8.53. The number of carbonyl (C=O) groups excluding carboxylic acids is 1. The van der Waals surface area contributed by atoms with Gasteiger partial charge in [0.25, 0.3) is 5.91 Å². The Morgan fingerprint density at radius 3 is 2.67 bits per heavy atom. The van der Waals surface area contributed by atoms with Gasteiger partial charge in [-0.3, -0.25) is 4.79 Å². The number of hydrogen-bond donors (Lipinski definition) is 1. The number of rotatable bonds is 6. The Morgan fingerprint density at radius 2 is 1.79 bits per heavy atom. The van der Waals surface area contributed by atoms with Gasteiger partial charge in [-0.25, -0.2) is 0 Å². The van der Waals surface area contributed by atoms with Crippen LogP contribution in [0.2, 0.25) is 0 Å². The molecule has 0 aromatic heterocycles. The molecule has 2 aromatic carbocycles. The third-order valence-corrected chi connectivity index (χ3v) is 4.17. The monoisotopic (exact) mass is 325 g/mol. The molecule has 1 aliphatic carbocycles. The molecular weight excluding hydrogens is 302 g/mol. The minimum Gasteiger partial charge on any atom is -0.492 e. The molecule has 0 aliphatic heterocycles. The summed E-state index contributed by atoms with van der Waals surface area (Å²) in [6, 6.07) is 13.5. The third-order valence-electron chi connectivity index (χ3n) is 4.17. The standard InChI is InChI=1S/C20H23NO3/c1-2-23-19-12-6-5-11-17(19)21-20(22)14-24-18-13-7-9-15-8-3-4-10-16(15)18/h5-7,9,11-13H,2-4,8,10,14H2,1H3,(H,21,22). The molecule has 0 atom stereocenters. The van der Waals surface area contributed by atoms with Crippen LogP contribution >= 0.6 is 0 Å². The predicted octanol–water partition coefficient (Wildman–Crippen LogP) is 3.98. The average molecular weight is 325 g/mol. The van der Waals surface area contributed by atoms with E-state index in [4.69, 9.17) is 9.47 Å². The molecule has 4 heteroatoms. The minimum absolute atomic E-state index is 0.00306. The molecule has 0 fully saturated rings. The lowest BCUT2D eigenvalue weighted by Crippen LogP contribution is -2.21. The van der Waals surface area contributed by atoms with Crippen molar-refractivity contribution in [1.82, 2.24) is 0 Å². The first kappa shape index (κ1) is 16.4. The molecule has 0 bridgehead atoms. The van der Waals surface area contributed by atoms with Gasteiger partial charge in [0.15, 0.2) is 6.61 Å². The summed E-state index contributed by atoms with van der Waals surface area (Å²) in [5.41, 5.74) is 3.27. The molecule has 0 heterocycles. The zero-order valence-electron chi connectivity index (χ0n) is 14.0. The Bertz CT molecular complexity index is 712. The van der Waals surface area contributed by atoms with Crippen molar-refractivity contribution >= 4 is 11.6 Å². The SMILES string of the molecule is CCOc1ccccc1NC(=O)COc1cccc2c1CCCC2. The first-order valence-corrected chi connectivity index (χ1v) is 8.53. The van der Waals surface area contributed by atoms with E-state index in [1.54, 1.807) is 0 Å². The molecule has 1 aliphatic rings. The van der Waals surface area contributed by atoms with Crippen LogP contribution in [0.5, 0.6) is 11.5 Å². The molecule has 0 spiro atoms. The lowest BCUT2D eigenvalue weighted by molar-refractivity contribution is -0.118. The highest BCUT2D eigenvalue weighted by atomic mass is 16.5. The summed E-state index contributed by atoms with van der Waals surface area (Å²) in [6.45, 7) is 2.47. The molecule has 0 saturated heterocycles. The maximum atomic E-state index is 12.2. The summed E-state index contributed by atoms with van der Waals surface area (Å²) in [6.07, 6.45) is 4.53. The molecule has 0 saturated carbocycles. The van der Waals surface area contributed by atoms with Crippen LogP contribution in [0.15, 0.2) is 42.5 Å².